The molecule has 7 rings (SSSR count). The molecule has 4 aliphatic carbocycles. The second-order valence-electron chi connectivity index (χ2n) is 24.4. The van der Waals surface area contributed by atoms with E-state index in [0.717, 1.165) is 113 Å². The number of carbonyl (C=O) groups excluding carboxylic acids is 16. The topological polar surface area (TPSA) is 471 Å². The Bertz CT molecular complexity index is 3790. The van der Waals surface area contributed by atoms with Gasteiger partial charge < -0.3 is 85.3 Å². The maximum Gasteiger partial charge on any atom is 0.314 e. The number of phenols is 1. The van der Waals surface area contributed by atoms with E-state index < -0.39 is 287 Å². The summed E-state index contributed by atoms with van der Waals surface area (Å²) in [6.45, 7) is 12.2. The van der Waals surface area contributed by atoms with Crippen molar-refractivity contribution in [3.05, 3.63) is 40.6 Å². The highest BCUT2D eigenvalue weighted by Gasteiger charge is 2.52. The molecule has 0 saturated heterocycles. The Hall–Kier alpha value is -11.0. The lowest BCUT2D eigenvalue weighted by Gasteiger charge is -2.39. The van der Waals surface area contributed by atoms with E-state index in [9.17, 15) is 81.8 Å². The zero-order chi connectivity index (χ0) is 75.5. The monoisotopic (exact) mass is 1440 g/mol. The Morgan fingerprint density at radius 2 is 0.598 bits per heavy atom. The van der Waals surface area contributed by atoms with Crippen molar-refractivity contribution in [1.82, 2.24) is 0 Å². The highest BCUT2D eigenvalue weighted by Crippen LogP contribution is 2.44. The van der Waals surface area contributed by atoms with Crippen molar-refractivity contribution >= 4 is 106 Å². The standard InChI is InChI=1S/C67H74O35/c1-26(68)86-48-16-39(17-49(87-27(2)69)59(48)94-34(9)76)64(82)98-43-24-44(80)56-47(25-43)99-58(63(57(56)81)102-67(85)42-22-54(92-32(7)74)62(97-37(12)79)55(23-42)93-33(8)75)38-13-14-45(100-65(83)40-18-50(88-28(3)70)60(95-35(10)77)51(19-40)89-29(4)71)46(15-38)101-66(84)41-20-52(90-30(5)72)61(96-36(11)78)53(21-41)91-31(6)73/h13-15,24-25,39-42,48-55,59-62,80H,16-23H2,1-12H3. The fourth-order valence-corrected chi connectivity index (χ4v) is 12.6. The smallest absolute Gasteiger partial charge is 0.314 e. The van der Waals surface area contributed by atoms with Gasteiger partial charge in [0.05, 0.1) is 23.7 Å². The fraction of sp³-hybridized carbons (Fsp3) is 0.537. The zero-order valence-corrected chi connectivity index (χ0v) is 57.1. The zero-order valence-electron chi connectivity index (χ0n) is 57.1. The van der Waals surface area contributed by atoms with E-state index >= 15 is 4.79 Å². The van der Waals surface area contributed by atoms with Crippen LogP contribution in [0.1, 0.15) is 134 Å². The van der Waals surface area contributed by atoms with Crippen molar-refractivity contribution in [1.29, 1.82) is 0 Å². The van der Waals surface area contributed by atoms with Gasteiger partial charge in [-0.05, 0) is 18.2 Å². The summed E-state index contributed by atoms with van der Waals surface area (Å²) >= 11 is 0. The number of carbonyl (C=O) groups is 16. The first-order chi connectivity index (χ1) is 47.8. The molecule has 35 heteroatoms. The third-order valence-corrected chi connectivity index (χ3v) is 16.1. The van der Waals surface area contributed by atoms with Gasteiger partial charge in [-0.3, -0.25) is 81.5 Å². The highest BCUT2D eigenvalue weighted by molar-refractivity contribution is 5.91. The van der Waals surface area contributed by atoms with Crippen LogP contribution in [0.3, 0.4) is 0 Å². The van der Waals surface area contributed by atoms with E-state index in [1.165, 1.54) is 0 Å². The second kappa shape index (κ2) is 33.9. The van der Waals surface area contributed by atoms with Crippen LogP contribution in [0.2, 0.25) is 0 Å². The molecule has 2 aromatic carbocycles. The van der Waals surface area contributed by atoms with Crippen LogP contribution < -0.4 is 24.4 Å². The lowest BCUT2D eigenvalue weighted by atomic mass is 9.82. The molecule has 35 nitrogen and oxygen atoms in total. The Morgan fingerprint density at radius 1 is 0.333 bits per heavy atom. The summed E-state index contributed by atoms with van der Waals surface area (Å²) in [4.78, 5) is 222. The Kier molecular flexibility index (Phi) is 26.0. The SMILES string of the molecule is CC(=O)OC1CC(C(=O)Oc2cc(O)c3c(=O)c(OC(=O)C4CC(OC(C)=O)C(OC(C)=O)C(OC(C)=O)C4)c(-c4ccc(OC(=O)C5CC(OC(C)=O)C(OC(C)=O)C(OC(C)=O)C5)c(OC(=O)C5CC(OC(C)=O)C(OC(C)=O)C(OC(C)=O)C5)c4)oc3c2)CC(OC(C)=O)C1OC(C)=O. The molecule has 3 aromatic rings. The van der Waals surface area contributed by atoms with Crippen LogP contribution in [0.4, 0.5) is 0 Å². The molecule has 1 aromatic heterocycles. The number of hydrogen-bond acceptors (Lipinski definition) is 35. The Balaban J connectivity index is 1.41. The predicted molar refractivity (Wildman–Crippen MR) is 330 cm³/mol. The van der Waals surface area contributed by atoms with Crippen LogP contribution in [0, 0.1) is 23.7 Å². The molecule has 4 fully saturated rings. The van der Waals surface area contributed by atoms with Crippen molar-refractivity contribution in [2.24, 2.45) is 23.7 Å². The van der Waals surface area contributed by atoms with Crippen molar-refractivity contribution in [2.45, 2.75) is 208 Å². The lowest BCUT2D eigenvalue weighted by molar-refractivity contribution is -0.195. The molecule has 102 heavy (non-hydrogen) atoms. The van der Waals surface area contributed by atoms with Gasteiger partial charge in [0.15, 0.2) is 41.7 Å². The minimum atomic E-state index is -1.53. The molecule has 4 saturated carbocycles. The maximum atomic E-state index is 15.3. The van der Waals surface area contributed by atoms with E-state index in [4.69, 9.17) is 80.2 Å². The van der Waals surface area contributed by atoms with Crippen molar-refractivity contribution in [3.8, 4) is 40.1 Å². The van der Waals surface area contributed by atoms with E-state index in [-0.39, 0.29) is 12.8 Å². The van der Waals surface area contributed by atoms with Crippen LogP contribution in [-0.4, -0.2) is 174 Å². The van der Waals surface area contributed by atoms with Gasteiger partial charge in [-0.1, -0.05) is 0 Å². The summed E-state index contributed by atoms with van der Waals surface area (Å²) in [5.41, 5.74) is -2.50. The molecule has 0 spiro atoms. The third-order valence-electron chi connectivity index (χ3n) is 16.1. The molecule has 1 heterocycles. The number of ether oxygens (including phenoxy) is 16. The minimum Gasteiger partial charge on any atom is -0.507 e. The summed E-state index contributed by atoms with van der Waals surface area (Å²) in [7, 11) is 0. The van der Waals surface area contributed by atoms with Gasteiger partial charge in [-0.25, -0.2) is 0 Å². The molecule has 0 bridgehead atoms. The average Bonchev–Trinajstić information content (AvgIpc) is 0.757. The van der Waals surface area contributed by atoms with Crippen LogP contribution in [-0.2, 0) is 134 Å². The number of esters is 16. The van der Waals surface area contributed by atoms with Gasteiger partial charge in [0.25, 0.3) is 0 Å². The average molecular weight is 1440 g/mol. The summed E-state index contributed by atoms with van der Waals surface area (Å²) < 4.78 is 95.0. The lowest BCUT2D eigenvalue weighted by Crippen LogP contribution is -2.52. The highest BCUT2D eigenvalue weighted by atomic mass is 16.7. The Labute approximate surface area is 578 Å². The molecule has 0 aliphatic heterocycles. The van der Waals surface area contributed by atoms with Gasteiger partial charge in [0.1, 0.15) is 71.3 Å². The van der Waals surface area contributed by atoms with Gasteiger partial charge in [0.2, 0.25) is 11.2 Å². The normalized spacial score (nSPS) is 25.8. The first kappa shape index (κ1) is 78.3. The molecule has 552 valence electrons. The van der Waals surface area contributed by atoms with Crippen LogP contribution in [0.25, 0.3) is 22.3 Å². The van der Waals surface area contributed by atoms with Gasteiger partial charge in [-0.2, -0.15) is 0 Å². The van der Waals surface area contributed by atoms with E-state index in [0.29, 0.717) is 0 Å². The fourth-order valence-electron chi connectivity index (χ4n) is 12.6. The number of fused-ring (bicyclic) bond motifs is 1. The van der Waals surface area contributed by atoms with Crippen LogP contribution >= 0.6 is 0 Å². The molecule has 4 aliphatic rings. The van der Waals surface area contributed by atoms with Crippen molar-refractivity contribution in [2.75, 3.05) is 0 Å². The molecule has 1 N–H and O–H groups in total. The Morgan fingerprint density at radius 3 is 0.882 bits per heavy atom. The summed E-state index contributed by atoms with van der Waals surface area (Å²) in [5, 5.41) is 11.0. The number of benzene rings is 2. The molecular formula is C67H74O35. The van der Waals surface area contributed by atoms with E-state index in [2.05, 4.69) is 0 Å². The minimum absolute atomic E-state index is 0.385. The first-order valence-electron chi connectivity index (χ1n) is 31.8. The van der Waals surface area contributed by atoms with Gasteiger partial charge in [-0.15, -0.1) is 0 Å². The molecule has 0 amide bonds. The summed E-state index contributed by atoms with van der Waals surface area (Å²) in [5.74, 6) is -26.4. The van der Waals surface area contributed by atoms with Crippen molar-refractivity contribution < 1.29 is 162 Å². The van der Waals surface area contributed by atoms with E-state index in [1.807, 2.05) is 0 Å². The van der Waals surface area contributed by atoms with Crippen LogP contribution in [0.15, 0.2) is 39.5 Å². The quantitative estimate of drug-likeness (QED) is 0.0904. The van der Waals surface area contributed by atoms with Gasteiger partial charge in [0, 0.05) is 152 Å². The van der Waals surface area contributed by atoms with Crippen LogP contribution in [0.5, 0.6) is 28.7 Å². The number of rotatable bonds is 21. The molecule has 0 radical (unpaired) electrons. The summed E-state index contributed by atoms with van der Waals surface area (Å²) in [6, 6.07) is 4.59. The number of phenolic OH excluding ortho intramolecular Hbond substituents is 1. The predicted octanol–water partition coefficient (Wildman–Crippen LogP) is 3.61. The molecular weight excluding hydrogens is 1360 g/mol. The number of aromatic hydroxyl groups is 1. The number of hydrogen-bond donors (Lipinski definition) is 1. The molecule has 8 atom stereocenters. The first-order valence-corrected chi connectivity index (χ1v) is 31.8. The largest absolute Gasteiger partial charge is 0.507 e. The summed E-state index contributed by atoms with van der Waals surface area (Å²) in [6.07, 6.45) is -21.1. The molecule has 8 unspecified atom stereocenters. The van der Waals surface area contributed by atoms with Gasteiger partial charge >= 0.3 is 95.5 Å². The third kappa shape index (κ3) is 20.8. The van der Waals surface area contributed by atoms with Crippen molar-refractivity contribution in [3.63, 3.8) is 0 Å². The maximum absolute atomic E-state index is 15.3. The second-order valence-corrected chi connectivity index (χ2v) is 24.4. The van der Waals surface area contributed by atoms with E-state index in [1.54, 1.807) is 0 Å².